The minimum Gasteiger partial charge on any atom is -0.383 e. The third-order valence-electron chi connectivity index (χ3n) is 2.81. The smallest absolute Gasteiger partial charge is 0.133 e. The summed E-state index contributed by atoms with van der Waals surface area (Å²) in [5, 5.41) is 0. The van der Waals surface area contributed by atoms with Gasteiger partial charge in [0.25, 0.3) is 0 Å². The van der Waals surface area contributed by atoms with Crippen LogP contribution in [0.2, 0.25) is 0 Å². The van der Waals surface area contributed by atoms with Crippen LogP contribution in [0.5, 0.6) is 0 Å². The van der Waals surface area contributed by atoms with Crippen LogP contribution in [0.1, 0.15) is 33.2 Å². The summed E-state index contributed by atoms with van der Waals surface area (Å²) in [6.07, 6.45) is 6.47. The Morgan fingerprint density at radius 2 is 2.12 bits per heavy atom. The molecule has 0 saturated carbocycles. The molecule has 17 heavy (non-hydrogen) atoms. The number of nitrogens with zero attached hydrogens (tertiary/aromatic N) is 4. The van der Waals surface area contributed by atoms with Crippen LogP contribution in [0.25, 0.3) is 11.4 Å². The van der Waals surface area contributed by atoms with Gasteiger partial charge in [0.05, 0.1) is 24.5 Å². The van der Waals surface area contributed by atoms with E-state index < -0.39 is 0 Å². The number of aromatic nitrogens is 4. The molecule has 0 bridgehead atoms. The number of anilines is 1. The summed E-state index contributed by atoms with van der Waals surface area (Å²) in [6, 6.07) is 0.350. The van der Waals surface area contributed by atoms with Crippen molar-refractivity contribution in [2.24, 2.45) is 0 Å². The first-order valence-electron chi connectivity index (χ1n) is 5.98. The Kier molecular flexibility index (Phi) is 3.17. The van der Waals surface area contributed by atoms with Gasteiger partial charge < -0.3 is 14.9 Å². The van der Waals surface area contributed by atoms with Crippen LogP contribution in [-0.2, 0) is 6.54 Å². The van der Waals surface area contributed by atoms with Gasteiger partial charge >= 0.3 is 0 Å². The third kappa shape index (κ3) is 2.05. The second-order valence-electron chi connectivity index (χ2n) is 4.45. The van der Waals surface area contributed by atoms with Crippen molar-refractivity contribution in [3.05, 3.63) is 18.9 Å². The Morgan fingerprint density at radius 3 is 2.76 bits per heavy atom. The molecule has 0 aromatic carbocycles. The maximum atomic E-state index is 6.11. The lowest BCUT2D eigenvalue weighted by atomic mass is 10.3. The minimum atomic E-state index is 0.350. The normalized spacial score (nSPS) is 11.3. The molecule has 0 amide bonds. The first kappa shape index (κ1) is 11.7. The van der Waals surface area contributed by atoms with Crippen LogP contribution in [0.4, 0.5) is 5.82 Å². The molecule has 5 heteroatoms. The SMILES string of the molecule is CCCn1cnc(-c2cncn2C(C)C)c1N. The second-order valence-corrected chi connectivity index (χ2v) is 4.45. The fraction of sp³-hybridized carbons (Fsp3) is 0.500. The van der Waals surface area contributed by atoms with E-state index in [1.807, 2.05) is 17.1 Å². The molecule has 2 N–H and O–H groups in total. The molecule has 2 aromatic rings. The number of nitrogen functional groups attached to an aromatic ring is 1. The summed E-state index contributed by atoms with van der Waals surface area (Å²) in [5.41, 5.74) is 7.91. The molecule has 0 unspecified atom stereocenters. The van der Waals surface area contributed by atoms with E-state index in [1.54, 1.807) is 6.33 Å². The van der Waals surface area contributed by atoms with Crippen molar-refractivity contribution < 1.29 is 0 Å². The van der Waals surface area contributed by atoms with Crippen molar-refractivity contribution in [2.45, 2.75) is 39.8 Å². The molecule has 0 spiro atoms. The van der Waals surface area contributed by atoms with Gasteiger partial charge in [0.15, 0.2) is 0 Å². The zero-order valence-corrected chi connectivity index (χ0v) is 10.6. The molecule has 0 aliphatic heterocycles. The first-order chi connectivity index (χ1) is 8.15. The molecule has 0 radical (unpaired) electrons. The van der Waals surface area contributed by atoms with Crippen LogP contribution in [-0.4, -0.2) is 19.1 Å². The quantitative estimate of drug-likeness (QED) is 0.881. The number of hydrogen-bond acceptors (Lipinski definition) is 3. The monoisotopic (exact) mass is 233 g/mol. The molecular formula is C12H19N5. The number of aryl methyl sites for hydroxylation is 1. The number of rotatable bonds is 4. The summed E-state index contributed by atoms with van der Waals surface area (Å²) in [6.45, 7) is 7.25. The van der Waals surface area contributed by atoms with Gasteiger partial charge in [-0.2, -0.15) is 0 Å². The predicted octanol–water partition coefficient (Wildman–Crippen LogP) is 2.32. The summed E-state index contributed by atoms with van der Waals surface area (Å²) >= 11 is 0. The van der Waals surface area contributed by atoms with E-state index in [4.69, 9.17) is 5.73 Å². The fourth-order valence-electron chi connectivity index (χ4n) is 1.91. The maximum absolute atomic E-state index is 6.11. The molecule has 0 fully saturated rings. The molecule has 0 aliphatic rings. The first-order valence-corrected chi connectivity index (χ1v) is 5.98. The summed E-state index contributed by atoms with van der Waals surface area (Å²) in [4.78, 5) is 8.57. The van der Waals surface area contributed by atoms with E-state index in [1.165, 1.54) is 0 Å². The highest BCUT2D eigenvalue weighted by Gasteiger charge is 2.14. The van der Waals surface area contributed by atoms with E-state index in [-0.39, 0.29) is 0 Å². The van der Waals surface area contributed by atoms with Gasteiger partial charge in [0.1, 0.15) is 11.5 Å². The molecule has 0 saturated heterocycles. The van der Waals surface area contributed by atoms with Crippen LogP contribution < -0.4 is 5.73 Å². The molecule has 0 atom stereocenters. The highest BCUT2D eigenvalue weighted by Crippen LogP contribution is 2.26. The van der Waals surface area contributed by atoms with E-state index in [0.717, 1.165) is 24.4 Å². The zero-order valence-electron chi connectivity index (χ0n) is 10.6. The lowest BCUT2D eigenvalue weighted by Gasteiger charge is -2.11. The number of hydrogen-bond donors (Lipinski definition) is 1. The van der Waals surface area contributed by atoms with Gasteiger partial charge in [0.2, 0.25) is 0 Å². The highest BCUT2D eigenvalue weighted by atomic mass is 15.1. The molecule has 2 aromatic heterocycles. The molecule has 2 rings (SSSR count). The van der Waals surface area contributed by atoms with Crippen molar-refractivity contribution in [1.29, 1.82) is 0 Å². The van der Waals surface area contributed by atoms with Crippen LogP contribution in [0.3, 0.4) is 0 Å². The Hall–Kier alpha value is -1.78. The summed E-state index contributed by atoms with van der Waals surface area (Å²) in [5.74, 6) is 0.717. The van der Waals surface area contributed by atoms with Crippen molar-refractivity contribution in [3.8, 4) is 11.4 Å². The van der Waals surface area contributed by atoms with Crippen LogP contribution in [0, 0.1) is 0 Å². The average Bonchev–Trinajstić information content (AvgIpc) is 2.87. The lowest BCUT2D eigenvalue weighted by Crippen LogP contribution is -2.04. The van der Waals surface area contributed by atoms with Crippen LogP contribution >= 0.6 is 0 Å². The van der Waals surface area contributed by atoms with E-state index in [9.17, 15) is 0 Å². The number of nitrogens with two attached hydrogens (primary N) is 1. The number of imidazole rings is 2. The van der Waals surface area contributed by atoms with Gasteiger partial charge in [-0.15, -0.1) is 0 Å². The Balaban J connectivity index is 2.43. The van der Waals surface area contributed by atoms with Gasteiger partial charge in [-0.3, -0.25) is 0 Å². The summed E-state index contributed by atoms with van der Waals surface area (Å²) < 4.78 is 4.06. The molecule has 92 valence electrons. The Morgan fingerprint density at radius 1 is 1.35 bits per heavy atom. The fourth-order valence-corrected chi connectivity index (χ4v) is 1.91. The lowest BCUT2D eigenvalue weighted by molar-refractivity contribution is 0.604. The standard InChI is InChI=1S/C12H19N5/c1-4-5-16-8-15-11(12(16)13)10-6-14-7-17(10)9(2)3/h6-9H,4-5,13H2,1-3H3. The van der Waals surface area contributed by atoms with Crippen molar-refractivity contribution >= 4 is 5.82 Å². The molecule has 0 aliphatic carbocycles. The van der Waals surface area contributed by atoms with Crippen molar-refractivity contribution in [2.75, 3.05) is 5.73 Å². The predicted molar refractivity (Wildman–Crippen MR) is 68.5 cm³/mol. The summed E-state index contributed by atoms with van der Waals surface area (Å²) in [7, 11) is 0. The molecule has 5 nitrogen and oxygen atoms in total. The van der Waals surface area contributed by atoms with Crippen LogP contribution in [0.15, 0.2) is 18.9 Å². The van der Waals surface area contributed by atoms with Crippen molar-refractivity contribution in [3.63, 3.8) is 0 Å². The van der Waals surface area contributed by atoms with Gasteiger partial charge in [-0.1, -0.05) is 6.92 Å². The maximum Gasteiger partial charge on any atom is 0.133 e. The van der Waals surface area contributed by atoms with E-state index in [0.29, 0.717) is 11.9 Å². The van der Waals surface area contributed by atoms with Gasteiger partial charge in [-0.05, 0) is 20.3 Å². The minimum absolute atomic E-state index is 0.350. The van der Waals surface area contributed by atoms with E-state index in [2.05, 4.69) is 35.3 Å². The van der Waals surface area contributed by atoms with Gasteiger partial charge in [0, 0.05) is 12.6 Å². The molecule has 2 heterocycles. The highest BCUT2D eigenvalue weighted by molar-refractivity contribution is 5.67. The Bertz CT molecular complexity index is 495. The van der Waals surface area contributed by atoms with Crippen molar-refractivity contribution in [1.82, 2.24) is 19.1 Å². The topological polar surface area (TPSA) is 61.7 Å². The molecular weight excluding hydrogens is 214 g/mol. The second kappa shape index (κ2) is 4.61. The largest absolute Gasteiger partial charge is 0.383 e. The zero-order chi connectivity index (χ0) is 12.4. The van der Waals surface area contributed by atoms with Gasteiger partial charge in [-0.25, -0.2) is 9.97 Å². The average molecular weight is 233 g/mol. The van der Waals surface area contributed by atoms with E-state index >= 15 is 0 Å². The Labute approximate surface area is 101 Å². The third-order valence-corrected chi connectivity index (χ3v) is 2.81.